The van der Waals surface area contributed by atoms with Crippen molar-refractivity contribution in [1.82, 2.24) is 19.4 Å². The maximum atomic E-state index is 11.6. The van der Waals surface area contributed by atoms with Gasteiger partial charge in [0.05, 0.1) is 40.7 Å². The Balaban J connectivity index is 1.10. The molecule has 40 heavy (non-hydrogen) atoms. The Morgan fingerprint density at radius 2 is 1.93 bits per heavy atom. The molecule has 1 atom stereocenters. The smallest absolute Gasteiger partial charge is 0.335 e. The summed E-state index contributed by atoms with van der Waals surface area (Å²) in [6.45, 7) is 4.30. The number of fused-ring (bicyclic) bond motifs is 1. The standard InChI is InChI=1S/C29H31N5O5S/c30-28(35)25-7-5-21(40-25)17-39-27-3-1-2-22(32-27)18-8-11-33(12-9-18)16-26-31-23-6-4-19(29(36)37)14-24(23)34(26)15-20-10-13-38-20/h1-7,14,18,20H,8-13,15-17H2,(H2,30,35)(H,36,37)/t20-/m0/s1. The van der Waals surface area contributed by atoms with E-state index in [2.05, 4.69) is 15.5 Å². The highest BCUT2D eigenvalue weighted by Crippen LogP contribution is 2.30. The van der Waals surface area contributed by atoms with E-state index in [1.54, 1.807) is 24.3 Å². The van der Waals surface area contributed by atoms with Gasteiger partial charge in [-0.15, -0.1) is 11.3 Å². The number of amides is 1. The molecule has 0 aliphatic carbocycles. The first-order chi connectivity index (χ1) is 19.4. The Morgan fingerprint density at radius 3 is 2.62 bits per heavy atom. The zero-order valence-electron chi connectivity index (χ0n) is 22.0. The molecule has 4 aromatic rings. The molecule has 11 heteroatoms. The summed E-state index contributed by atoms with van der Waals surface area (Å²) in [6, 6.07) is 14.6. The number of benzene rings is 1. The van der Waals surface area contributed by atoms with E-state index < -0.39 is 11.9 Å². The molecule has 6 rings (SSSR count). The molecule has 2 fully saturated rings. The first-order valence-electron chi connectivity index (χ1n) is 13.5. The largest absolute Gasteiger partial charge is 0.478 e. The van der Waals surface area contributed by atoms with Crippen LogP contribution in [-0.4, -0.2) is 62.2 Å². The van der Waals surface area contributed by atoms with Gasteiger partial charge in [0.15, 0.2) is 0 Å². The molecule has 0 spiro atoms. The summed E-state index contributed by atoms with van der Waals surface area (Å²) < 4.78 is 13.7. The molecule has 2 aliphatic heterocycles. The van der Waals surface area contributed by atoms with Crippen molar-refractivity contribution in [2.45, 2.75) is 51.0 Å². The van der Waals surface area contributed by atoms with Gasteiger partial charge in [0, 0.05) is 29.2 Å². The zero-order chi connectivity index (χ0) is 27.6. The van der Waals surface area contributed by atoms with E-state index in [0.717, 1.165) is 66.4 Å². The second-order valence-electron chi connectivity index (χ2n) is 10.3. The number of carbonyl (C=O) groups excluding carboxylic acids is 1. The van der Waals surface area contributed by atoms with Crippen molar-refractivity contribution in [3.8, 4) is 5.88 Å². The van der Waals surface area contributed by atoms with Gasteiger partial charge in [0.1, 0.15) is 12.4 Å². The van der Waals surface area contributed by atoms with Gasteiger partial charge in [-0.05, 0) is 68.8 Å². The molecular weight excluding hydrogens is 530 g/mol. The van der Waals surface area contributed by atoms with Crippen LogP contribution in [0.5, 0.6) is 5.88 Å². The van der Waals surface area contributed by atoms with Crippen molar-refractivity contribution >= 4 is 34.2 Å². The van der Waals surface area contributed by atoms with E-state index >= 15 is 0 Å². The van der Waals surface area contributed by atoms with Gasteiger partial charge in [-0.1, -0.05) is 6.07 Å². The fraction of sp³-hybridized carbons (Fsp3) is 0.379. The highest BCUT2D eigenvalue weighted by molar-refractivity contribution is 7.14. The van der Waals surface area contributed by atoms with Gasteiger partial charge in [-0.2, -0.15) is 0 Å². The molecule has 208 valence electrons. The topological polar surface area (TPSA) is 133 Å². The average molecular weight is 562 g/mol. The van der Waals surface area contributed by atoms with Gasteiger partial charge in [-0.25, -0.2) is 14.8 Å². The molecule has 3 N–H and O–H groups in total. The van der Waals surface area contributed by atoms with Crippen LogP contribution in [0.15, 0.2) is 48.5 Å². The Kier molecular flexibility index (Phi) is 7.50. The molecular formula is C29H31N5O5S. The lowest BCUT2D eigenvalue weighted by atomic mass is 9.93. The van der Waals surface area contributed by atoms with Crippen LogP contribution in [0, 0.1) is 0 Å². The quantitative estimate of drug-likeness (QED) is 0.297. The zero-order valence-corrected chi connectivity index (χ0v) is 22.8. The number of nitrogens with two attached hydrogens (primary N) is 1. The number of hydrogen-bond donors (Lipinski definition) is 2. The number of carboxylic acids is 1. The van der Waals surface area contributed by atoms with Crippen molar-refractivity contribution in [1.29, 1.82) is 0 Å². The van der Waals surface area contributed by atoms with E-state index in [1.165, 1.54) is 11.3 Å². The molecule has 0 saturated carbocycles. The highest BCUT2D eigenvalue weighted by Gasteiger charge is 2.26. The normalized spacial score (nSPS) is 18.1. The summed E-state index contributed by atoms with van der Waals surface area (Å²) in [5, 5.41) is 9.49. The van der Waals surface area contributed by atoms with Crippen LogP contribution >= 0.6 is 11.3 Å². The molecule has 0 radical (unpaired) electrons. The Bertz CT molecular complexity index is 1540. The molecule has 5 heterocycles. The SMILES string of the molecule is NC(=O)c1ccc(COc2cccc(C3CCN(Cc4nc5ccc(C(=O)O)cc5n4C[C@@H]4CCO4)CC3)n2)s1. The molecule has 2 aliphatic rings. The molecule has 3 aromatic heterocycles. The lowest BCUT2D eigenvalue weighted by Crippen LogP contribution is -2.35. The number of pyridine rings is 1. The third-order valence-electron chi connectivity index (χ3n) is 7.64. The van der Waals surface area contributed by atoms with Crippen LogP contribution in [0.1, 0.15) is 61.6 Å². The van der Waals surface area contributed by atoms with Crippen LogP contribution < -0.4 is 10.5 Å². The number of rotatable bonds is 10. The van der Waals surface area contributed by atoms with Crippen molar-refractivity contribution in [2.24, 2.45) is 5.73 Å². The fourth-order valence-electron chi connectivity index (χ4n) is 5.32. The number of likely N-dealkylation sites (tertiary alicyclic amines) is 1. The molecule has 0 unspecified atom stereocenters. The Morgan fingerprint density at radius 1 is 1.10 bits per heavy atom. The fourth-order valence-corrected chi connectivity index (χ4v) is 6.09. The number of aromatic carboxylic acids is 1. The number of hydrogen-bond acceptors (Lipinski definition) is 8. The van der Waals surface area contributed by atoms with Crippen molar-refractivity contribution < 1.29 is 24.2 Å². The van der Waals surface area contributed by atoms with E-state index in [4.69, 9.17) is 25.2 Å². The maximum Gasteiger partial charge on any atom is 0.335 e. The number of carboxylic acid groups (broad SMARTS) is 1. The number of primary amides is 1. The molecule has 1 aromatic carbocycles. The molecule has 0 bridgehead atoms. The molecule has 10 nitrogen and oxygen atoms in total. The van der Waals surface area contributed by atoms with Crippen LogP contribution in [0.4, 0.5) is 0 Å². The Hall–Kier alpha value is -3.80. The minimum atomic E-state index is -0.940. The van der Waals surface area contributed by atoms with Crippen LogP contribution in [0.3, 0.4) is 0 Å². The first-order valence-corrected chi connectivity index (χ1v) is 14.3. The number of ether oxygens (including phenoxy) is 2. The van der Waals surface area contributed by atoms with Crippen LogP contribution in [-0.2, 0) is 24.4 Å². The van der Waals surface area contributed by atoms with Gasteiger partial charge >= 0.3 is 5.97 Å². The van der Waals surface area contributed by atoms with E-state index in [0.29, 0.717) is 36.4 Å². The van der Waals surface area contributed by atoms with Crippen LogP contribution in [0.2, 0.25) is 0 Å². The number of nitrogens with zero attached hydrogens (tertiary/aromatic N) is 4. The lowest BCUT2D eigenvalue weighted by Gasteiger charge is -2.32. The van der Waals surface area contributed by atoms with Crippen molar-refractivity contribution in [3.05, 3.63) is 75.4 Å². The summed E-state index contributed by atoms with van der Waals surface area (Å²) in [5.41, 5.74) is 8.28. The van der Waals surface area contributed by atoms with E-state index in [1.807, 2.05) is 18.2 Å². The summed E-state index contributed by atoms with van der Waals surface area (Å²) in [6.07, 6.45) is 3.08. The Labute approximate surface area is 235 Å². The molecule has 1 amide bonds. The lowest BCUT2D eigenvalue weighted by molar-refractivity contribution is -0.0592. The maximum absolute atomic E-state index is 11.6. The minimum absolute atomic E-state index is 0.140. The van der Waals surface area contributed by atoms with E-state index in [9.17, 15) is 14.7 Å². The average Bonchev–Trinajstić information content (AvgIpc) is 3.54. The predicted octanol–water partition coefficient (Wildman–Crippen LogP) is 4.04. The summed E-state index contributed by atoms with van der Waals surface area (Å²) in [7, 11) is 0. The number of imidazole rings is 1. The number of piperidine rings is 1. The number of carbonyl (C=O) groups is 2. The number of aromatic nitrogens is 3. The number of thiophene rings is 1. The van der Waals surface area contributed by atoms with Gasteiger partial charge < -0.3 is 24.9 Å². The van der Waals surface area contributed by atoms with Gasteiger partial charge in [0.2, 0.25) is 5.88 Å². The highest BCUT2D eigenvalue weighted by atomic mass is 32.1. The second-order valence-corrected chi connectivity index (χ2v) is 11.5. The first kappa shape index (κ1) is 26.4. The van der Waals surface area contributed by atoms with Crippen molar-refractivity contribution in [2.75, 3.05) is 19.7 Å². The minimum Gasteiger partial charge on any atom is -0.478 e. The second kappa shape index (κ2) is 11.4. The summed E-state index contributed by atoms with van der Waals surface area (Å²) in [5.74, 6) is 0.475. The molecule has 2 saturated heterocycles. The summed E-state index contributed by atoms with van der Waals surface area (Å²) >= 11 is 1.33. The third kappa shape index (κ3) is 5.72. The van der Waals surface area contributed by atoms with Crippen molar-refractivity contribution in [3.63, 3.8) is 0 Å². The predicted molar refractivity (Wildman–Crippen MR) is 150 cm³/mol. The van der Waals surface area contributed by atoms with Gasteiger partial charge in [-0.3, -0.25) is 9.69 Å². The third-order valence-corrected chi connectivity index (χ3v) is 8.71. The monoisotopic (exact) mass is 561 g/mol. The van der Waals surface area contributed by atoms with Crippen LogP contribution in [0.25, 0.3) is 11.0 Å². The van der Waals surface area contributed by atoms with Gasteiger partial charge in [0.25, 0.3) is 5.91 Å². The van der Waals surface area contributed by atoms with E-state index in [-0.39, 0.29) is 11.7 Å². The summed E-state index contributed by atoms with van der Waals surface area (Å²) in [4.78, 5) is 36.4.